The van der Waals surface area contributed by atoms with Crippen molar-refractivity contribution in [3.8, 4) is 11.5 Å². The highest BCUT2D eigenvalue weighted by Crippen LogP contribution is 2.26. The number of amides is 1. The van der Waals surface area contributed by atoms with Crippen molar-refractivity contribution in [2.24, 2.45) is 0 Å². The molecule has 0 aromatic heterocycles. The molecule has 122 valence electrons. The smallest absolute Gasteiger partial charge is 0.258 e. The molecule has 2 rings (SSSR count). The van der Waals surface area contributed by atoms with Crippen molar-refractivity contribution in [1.29, 1.82) is 0 Å². The third kappa shape index (κ3) is 5.05. The van der Waals surface area contributed by atoms with Crippen LogP contribution in [0.25, 0.3) is 0 Å². The lowest BCUT2D eigenvalue weighted by atomic mass is 10.1. The van der Waals surface area contributed by atoms with Gasteiger partial charge in [-0.05, 0) is 36.8 Å². The minimum atomic E-state index is -0.249. The first-order chi connectivity index (χ1) is 11.0. The molecule has 0 spiro atoms. The van der Waals surface area contributed by atoms with Gasteiger partial charge in [-0.1, -0.05) is 35.3 Å². The summed E-state index contributed by atoms with van der Waals surface area (Å²) in [7, 11) is 1.57. The van der Waals surface area contributed by atoms with Crippen LogP contribution in [0.1, 0.15) is 18.5 Å². The molecular weight excluding hydrogens is 337 g/mol. The number of ether oxygens (including phenoxy) is 2. The molecule has 23 heavy (non-hydrogen) atoms. The van der Waals surface area contributed by atoms with E-state index in [9.17, 15) is 4.79 Å². The number of carbonyl (C=O) groups is 1. The van der Waals surface area contributed by atoms with E-state index in [4.69, 9.17) is 32.7 Å². The highest BCUT2D eigenvalue weighted by atomic mass is 35.5. The van der Waals surface area contributed by atoms with Crippen LogP contribution in [0.2, 0.25) is 10.0 Å². The lowest BCUT2D eigenvalue weighted by molar-refractivity contribution is -0.123. The Morgan fingerprint density at radius 2 is 1.91 bits per heavy atom. The zero-order valence-electron chi connectivity index (χ0n) is 12.8. The first-order valence-electron chi connectivity index (χ1n) is 7.00. The Morgan fingerprint density at radius 1 is 1.17 bits per heavy atom. The van der Waals surface area contributed by atoms with Crippen molar-refractivity contribution in [3.63, 3.8) is 0 Å². The topological polar surface area (TPSA) is 47.6 Å². The van der Waals surface area contributed by atoms with Crippen molar-refractivity contribution < 1.29 is 14.3 Å². The maximum absolute atomic E-state index is 12.0. The molecule has 6 heteroatoms. The third-order valence-electron chi connectivity index (χ3n) is 3.22. The van der Waals surface area contributed by atoms with Gasteiger partial charge in [-0.25, -0.2) is 0 Å². The molecule has 0 fully saturated rings. The average Bonchev–Trinajstić information content (AvgIpc) is 2.53. The maximum atomic E-state index is 12.0. The minimum Gasteiger partial charge on any atom is -0.497 e. The summed E-state index contributed by atoms with van der Waals surface area (Å²) in [5, 5.41) is 3.90. The molecule has 0 bridgehead atoms. The van der Waals surface area contributed by atoms with Gasteiger partial charge in [0.2, 0.25) is 0 Å². The number of halogens is 2. The number of hydrogen-bond donors (Lipinski definition) is 1. The Kier molecular flexibility index (Phi) is 6.13. The quantitative estimate of drug-likeness (QED) is 0.843. The molecule has 0 saturated carbocycles. The van der Waals surface area contributed by atoms with Crippen molar-refractivity contribution >= 4 is 29.1 Å². The van der Waals surface area contributed by atoms with Gasteiger partial charge < -0.3 is 14.8 Å². The van der Waals surface area contributed by atoms with Gasteiger partial charge in [0.05, 0.1) is 13.2 Å². The van der Waals surface area contributed by atoms with Gasteiger partial charge in [0, 0.05) is 16.1 Å². The molecule has 0 aliphatic carbocycles. The number of hydrogen-bond acceptors (Lipinski definition) is 3. The summed E-state index contributed by atoms with van der Waals surface area (Å²) in [6, 6.07) is 12.0. The molecule has 0 saturated heterocycles. The normalized spacial score (nSPS) is 11.7. The highest BCUT2D eigenvalue weighted by molar-refractivity contribution is 6.35. The van der Waals surface area contributed by atoms with Gasteiger partial charge in [0.15, 0.2) is 6.61 Å². The van der Waals surface area contributed by atoms with Gasteiger partial charge in [-0.15, -0.1) is 0 Å². The molecule has 0 heterocycles. The SMILES string of the molecule is COc1cccc(OCC(=O)NC(C)c2ccc(Cl)cc2Cl)c1. The predicted molar refractivity (Wildman–Crippen MR) is 91.5 cm³/mol. The minimum absolute atomic E-state index is 0.0945. The zero-order valence-corrected chi connectivity index (χ0v) is 14.3. The lowest BCUT2D eigenvalue weighted by Gasteiger charge is -2.16. The zero-order chi connectivity index (χ0) is 16.8. The van der Waals surface area contributed by atoms with Gasteiger partial charge in [-0.2, -0.15) is 0 Å². The van der Waals surface area contributed by atoms with Crippen molar-refractivity contribution in [2.75, 3.05) is 13.7 Å². The number of benzene rings is 2. The number of methoxy groups -OCH3 is 1. The molecule has 0 radical (unpaired) electrons. The molecule has 1 N–H and O–H groups in total. The Labute approximate surface area is 145 Å². The van der Waals surface area contributed by atoms with Crippen LogP contribution < -0.4 is 14.8 Å². The van der Waals surface area contributed by atoms with Crippen molar-refractivity contribution in [2.45, 2.75) is 13.0 Å². The molecule has 0 aliphatic rings. The van der Waals surface area contributed by atoms with Crippen LogP contribution in [0.4, 0.5) is 0 Å². The summed E-state index contributed by atoms with van der Waals surface area (Å²) < 4.78 is 10.6. The molecule has 2 aromatic carbocycles. The second-order valence-electron chi connectivity index (χ2n) is 4.92. The van der Waals surface area contributed by atoms with Gasteiger partial charge in [-0.3, -0.25) is 4.79 Å². The van der Waals surface area contributed by atoms with Gasteiger partial charge in [0.25, 0.3) is 5.91 Å². The summed E-state index contributed by atoms with van der Waals surface area (Å²) >= 11 is 12.0. The van der Waals surface area contributed by atoms with E-state index < -0.39 is 0 Å². The second-order valence-corrected chi connectivity index (χ2v) is 5.77. The third-order valence-corrected chi connectivity index (χ3v) is 3.78. The van der Waals surface area contributed by atoms with E-state index in [1.54, 1.807) is 49.6 Å². The number of carbonyl (C=O) groups excluding carboxylic acids is 1. The monoisotopic (exact) mass is 353 g/mol. The molecule has 0 aliphatic heterocycles. The van der Waals surface area contributed by atoms with E-state index in [0.29, 0.717) is 21.5 Å². The second kappa shape index (κ2) is 8.09. The molecule has 1 amide bonds. The van der Waals surface area contributed by atoms with E-state index in [1.165, 1.54) is 0 Å². The van der Waals surface area contributed by atoms with Crippen molar-refractivity contribution in [1.82, 2.24) is 5.32 Å². The maximum Gasteiger partial charge on any atom is 0.258 e. The summed E-state index contributed by atoms with van der Waals surface area (Å²) in [5.74, 6) is 0.993. The molecule has 4 nitrogen and oxygen atoms in total. The summed E-state index contributed by atoms with van der Waals surface area (Å²) in [5.41, 5.74) is 0.797. The fourth-order valence-electron chi connectivity index (χ4n) is 2.05. The Morgan fingerprint density at radius 3 is 2.61 bits per heavy atom. The van der Waals surface area contributed by atoms with Crippen LogP contribution >= 0.6 is 23.2 Å². The first kappa shape index (κ1) is 17.4. The molecule has 1 unspecified atom stereocenters. The predicted octanol–water partition coefficient (Wildman–Crippen LogP) is 4.26. The van der Waals surface area contributed by atoms with E-state index in [-0.39, 0.29) is 18.6 Å². The fourth-order valence-corrected chi connectivity index (χ4v) is 2.63. The van der Waals surface area contributed by atoms with Gasteiger partial charge >= 0.3 is 0 Å². The standard InChI is InChI=1S/C17H17Cl2NO3/c1-11(15-7-6-12(18)8-16(15)19)20-17(21)10-23-14-5-3-4-13(9-14)22-2/h3-9,11H,10H2,1-2H3,(H,20,21). The van der Waals surface area contributed by atoms with Crippen LogP contribution in [-0.4, -0.2) is 19.6 Å². The van der Waals surface area contributed by atoms with Crippen LogP contribution in [0.15, 0.2) is 42.5 Å². The Hall–Kier alpha value is -1.91. The van der Waals surface area contributed by atoms with E-state index >= 15 is 0 Å². The molecular formula is C17H17Cl2NO3. The summed E-state index contributed by atoms with van der Waals surface area (Å²) in [6.07, 6.45) is 0. The summed E-state index contributed by atoms with van der Waals surface area (Å²) in [6.45, 7) is 1.75. The van der Waals surface area contributed by atoms with E-state index in [0.717, 1.165) is 5.56 Å². The molecule has 1 atom stereocenters. The largest absolute Gasteiger partial charge is 0.497 e. The Bertz CT molecular complexity index is 691. The van der Waals surface area contributed by atoms with Crippen LogP contribution in [0.3, 0.4) is 0 Å². The van der Waals surface area contributed by atoms with Crippen LogP contribution in [0, 0.1) is 0 Å². The summed E-state index contributed by atoms with van der Waals surface area (Å²) in [4.78, 5) is 12.0. The highest BCUT2D eigenvalue weighted by Gasteiger charge is 2.13. The van der Waals surface area contributed by atoms with Crippen LogP contribution in [-0.2, 0) is 4.79 Å². The lowest BCUT2D eigenvalue weighted by Crippen LogP contribution is -2.31. The fraction of sp³-hybridized carbons (Fsp3) is 0.235. The number of nitrogens with one attached hydrogen (secondary N) is 1. The van der Waals surface area contributed by atoms with E-state index in [1.807, 2.05) is 6.92 Å². The van der Waals surface area contributed by atoms with Gasteiger partial charge in [0.1, 0.15) is 11.5 Å². The van der Waals surface area contributed by atoms with E-state index in [2.05, 4.69) is 5.32 Å². The molecule has 2 aromatic rings. The Balaban J connectivity index is 1.91. The number of rotatable bonds is 6. The average molecular weight is 354 g/mol. The van der Waals surface area contributed by atoms with Crippen molar-refractivity contribution in [3.05, 3.63) is 58.1 Å². The van der Waals surface area contributed by atoms with Crippen LogP contribution in [0.5, 0.6) is 11.5 Å². The first-order valence-corrected chi connectivity index (χ1v) is 7.76.